The van der Waals surface area contributed by atoms with E-state index in [1.807, 2.05) is 11.6 Å². The summed E-state index contributed by atoms with van der Waals surface area (Å²) in [5.74, 6) is 0. The quantitative estimate of drug-likeness (QED) is 0.936. The van der Waals surface area contributed by atoms with Gasteiger partial charge in [-0.3, -0.25) is 4.68 Å². The molecule has 1 aromatic heterocycles. The molecule has 0 radical (unpaired) electrons. The van der Waals surface area contributed by atoms with Crippen LogP contribution >= 0.6 is 15.9 Å². The van der Waals surface area contributed by atoms with Gasteiger partial charge in [-0.1, -0.05) is 28.1 Å². The molecule has 1 heterocycles. The minimum Gasteiger partial charge on any atom is -0.324 e. The average Bonchev–Trinajstić information content (AvgIpc) is 2.72. The molecule has 0 aliphatic carbocycles. The van der Waals surface area contributed by atoms with Crippen LogP contribution in [-0.4, -0.2) is 9.78 Å². The summed E-state index contributed by atoms with van der Waals surface area (Å²) in [6, 6.07) is 8.42. The van der Waals surface area contributed by atoms with Crippen LogP contribution < -0.4 is 5.73 Å². The maximum Gasteiger partial charge on any atom is 0.0596 e. The van der Waals surface area contributed by atoms with E-state index in [1.165, 1.54) is 16.8 Å². The molecule has 2 rings (SSSR count). The topological polar surface area (TPSA) is 43.8 Å². The molecule has 0 fully saturated rings. The van der Waals surface area contributed by atoms with E-state index in [9.17, 15) is 0 Å². The lowest BCUT2D eigenvalue weighted by Crippen LogP contribution is -2.16. The molecule has 0 bridgehead atoms. The van der Waals surface area contributed by atoms with E-state index in [2.05, 4.69) is 59.1 Å². The van der Waals surface area contributed by atoms with Crippen LogP contribution in [-0.2, 0) is 13.0 Å². The Morgan fingerprint density at radius 2 is 2.05 bits per heavy atom. The van der Waals surface area contributed by atoms with Gasteiger partial charge in [-0.15, -0.1) is 0 Å². The molecule has 1 unspecified atom stereocenters. The second-order valence-corrected chi connectivity index (χ2v) is 5.77. The van der Waals surface area contributed by atoms with Crippen molar-refractivity contribution < 1.29 is 0 Å². The molecular formula is C15H20BrN3. The van der Waals surface area contributed by atoms with Crippen molar-refractivity contribution in [3.8, 4) is 0 Å². The fourth-order valence-corrected chi connectivity index (χ4v) is 2.53. The Kier molecular flexibility index (Phi) is 4.42. The monoisotopic (exact) mass is 321 g/mol. The molecule has 0 saturated carbocycles. The van der Waals surface area contributed by atoms with Gasteiger partial charge in [0.15, 0.2) is 0 Å². The van der Waals surface area contributed by atoms with Gasteiger partial charge in [-0.2, -0.15) is 5.10 Å². The van der Waals surface area contributed by atoms with Crippen LogP contribution in [0.3, 0.4) is 0 Å². The zero-order valence-corrected chi connectivity index (χ0v) is 13.2. The maximum atomic E-state index is 6.32. The third-order valence-corrected chi connectivity index (χ3v) is 4.21. The molecular weight excluding hydrogens is 302 g/mol. The second kappa shape index (κ2) is 5.88. The summed E-state index contributed by atoms with van der Waals surface area (Å²) in [4.78, 5) is 0. The number of aromatic nitrogens is 2. The Bertz CT molecular complexity index is 575. The lowest BCUT2D eigenvalue weighted by Gasteiger charge is -2.14. The number of benzene rings is 1. The summed E-state index contributed by atoms with van der Waals surface area (Å²) in [6.45, 7) is 7.09. The van der Waals surface area contributed by atoms with Crippen LogP contribution in [0.1, 0.15) is 35.5 Å². The molecule has 1 aromatic carbocycles. The molecule has 19 heavy (non-hydrogen) atoms. The highest BCUT2D eigenvalue weighted by molar-refractivity contribution is 9.10. The van der Waals surface area contributed by atoms with Crippen LogP contribution in [0.15, 0.2) is 28.7 Å². The van der Waals surface area contributed by atoms with Gasteiger partial charge >= 0.3 is 0 Å². The van der Waals surface area contributed by atoms with E-state index >= 15 is 0 Å². The van der Waals surface area contributed by atoms with E-state index in [4.69, 9.17) is 5.73 Å². The molecule has 2 aromatic rings. The van der Waals surface area contributed by atoms with Gasteiger partial charge in [0, 0.05) is 29.2 Å². The van der Waals surface area contributed by atoms with Crippen LogP contribution in [0.2, 0.25) is 0 Å². The molecule has 0 saturated heterocycles. The van der Waals surface area contributed by atoms with Crippen molar-refractivity contribution in [2.45, 2.75) is 39.8 Å². The largest absolute Gasteiger partial charge is 0.324 e. The van der Waals surface area contributed by atoms with Gasteiger partial charge in [0.2, 0.25) is 0 Å². The minimum absolute atomic E-state index is 0.00759. The van der Waals surface area contributed by atoms with Crippen LogP contribution in [0.4, 0.5) is 0 Å². The highest BCUT2D eigenvalue weighted by atomic mass is 79.9. The predicted molar refractivity (Wildman–Crippen MR) is 82.1 cm³/mol. The summed E-state index contributed by atoms with van der Waals surface area (Å²) >= 11 is 3.52. The third kappa shape index (κ3) is 3.25. The zero-order chi connectivity index (χ0) is 14.0. The molecule has 0 spiro atoms. The molecule has 3 nitrogen and oxygen atoms in total. The van der Waals surface area contributed by atoms with E-state index in [0.29, 0.717) is 0 Å². The molecule has 1 atom stereocenters. The predicted octanol–water partition coefficient (Wildman–Crippen LogP) is 3.52. The molecule has 102 valence electrons. The van der Waals surface area contributed by atoms with E-state index in [1.54, 1.807) is 0 Å². The van der Waals surface area contributed by atoms with Gasteiger partial charge in [0.1, 0.15) is 0 Å². The lowest BCUT2D eigenvalue weighted by atomic mass is 10.0. The third-order valence-electron chi connectivity index (χ3n) is 3.32. The van der Waals surface area contributed by atoms with Crippen molar-refractivity contribution in [2.24, 2.45) is 5.73 Å². The fourth-order valence-electron chi connectivity index (χ4n) is 2.28. The SMILES string of the molecule is CCn1nc(C)cc1CC(N)c1ccc(Br)c(C)c1. The van der Waals surface area contributed by atoms with E-state index in [-0.39, 0.29) is 6.04 Å². The Hall–Kier alpha value is -1.13. The zero-order valence-electron chi connectivity index (χ0n) is 11.7. The van der Waals surface area contributed by atoms with Crippen molar-refractivity contribution in [1.82, 2.24) is 9.78 Å². The summed E-state index contributed by atoms with van der Waals surface area (Å²) in [7, 11) is 0. The first-order valence-electron chi connectivity index (χ1n) is 6.56. The highest BCUT2D eigenvalue weighted by Gasteiger charge is 2.12. The molecule has 2 N–H and O–H groups in total. The minimum atomic E-state index is 0.00759. The molecule has 0 aliphatic rings. The number of aryl methyl sites for hydroxylation is 3. The van der Waals surface area contributed by atoms with Crippen LogP contribution in [0.5, 0.6) is 0 Å². The van der Waals surface area contributed by atoms with Crippen LogP contribution in [0.25, 0.3) is 0 Å². The van der Waals surface area contributed by atoms with Crippen LogP contribution in [0, 0.1) is 13.8 Å². The average molecular weight is 322 g/mol. The smallest absolute Gasteiger partial charge is 0.0596 e. The standard InChI is InChI=1S/C15H20BrN3/c1-4-19-13(8-11(3)18-19)9-15(17)12-5-6-14(16)10(2)7-12/h5-8,15H,4,9,17H2,1-3H3. The number of rotatable bonds is 4. The fraction of sp³-hybridized carbons (Fsp3) is 0.400. The first kappa shape index (κ1) is 14.3. The maximum absolute atomic E-state index is 6.32. The Morgan fingerprint density at radius 3 is 2.68 bits per heavy atom. The Balaban J connectivity index is 2.20. The Morgan fingerprint density at radius 1 is 1.32 bits per heavy atom. The van der Waals surface area contributed by atoms with Crippen molar-refractivity contribution in [3.63, 3.8) is 0 Å². The van der Waals surface area contributed by atoms with E-state index < -0.39 is 0 Å². The van der Waals surface area contributed by atoms with Crippen molar-refractivity contribution in [1.29, 1.82) is 0 Å². The summed E-state index contributed by atoms with van der Waals surface area (Å²) < 4.78 is 3.15. The van der Waals surface area contributed by atoms with Gasteiger partial charge in [0.25, 0.3) is 0 Å². The number of nitrogens with two attached hydrogens (primary N) is 1. The van der Waals surface area contributed by atoms with Gasteiger partial charge < -0.3 is 5.73 Å². The number of hydrogen-bond acceptors (Lipinski definition) is 2. The number of hydrogen-bond donors (Lipinski definition) is 1. The highest BCUT2D eigenvalue weighted by Crippen LogP contribution is 2.22. The Labute approximate surface area is 122 Å². The lowest BCUT2D eigenvalue weighted by molar-refractivity contribution is 0.587. The van der Waals surface area contributed by atoms with Crippen molar-refractivity contribution in [3.05, 3.63) is 51.3 Å². The summed E-state index contributed by atoms with van der Waals surface area (Å²) in [6.07, 6.45) is 0.815. The van der Waals surface area contributed by atoms with Gasteiger partial charge in [-0.25, -0.2) is 0 Å². The first-order chi connectivity index (χ1) is 9.01. The normalized spacial score (nSPS) is 12.7. The molecule has 0 aliphatic heterocycles. The molecule has 4 heteroatoms. The number of halogens is 1. The summed E-state index contributed by atoms with van der Waals surface area (Å²) in [5, 5.41) is 4.46. The summed E-state index contributed by atoms with van der Waals surface area (Å²) in [5.41, 5.74) is 11.0. The number of nitrogens with zero attached hydrogens (tertiary/aromatic N) is 2. The van der Waals surface area contributed by atoms with E-state index in [0.717, 1.165) is 23.1 Å². The first-order valence-corrected chi connectivity index (χ1v) is 7.35. The van der Waals surface area contributed by atoms with Gasteiger partial charge in [0.05, 0.1) is 5.69 Å². The molecule has 0 amide bonds. The van der Waals surface area contributed by atoms with Gasteiger partial charge in [-0.05, 0) is 44.0 Å². The van der Waals surface area contributed by atoms with Crippen molar-refractivity contribution >= 4 is 15.9 Å². The van der Waals surface area contributed by atoms with Crippen molar-refractivity contribution in [2.75, 3.05) is 0 Å². The second-order valence-electron chi connectivity index (χ2n) is 4.91.